The standard InChI is InChI=1S/C19H24N2O3S/c22-19(18-12-6-2-7-13-18)20-14-8-3-9-15-21-25(23,24)16-17-10-4-1-5-11-17/h1-2,4-7,10-13,21H,3,8-9,14-16H2,(H,20,22). The summed E-state index contributed by atoms with van der Waals surface area (Å²) >= 11 is 0. The van der Waals surface area contributed by atoms with Crippen LogP contribution in [0, 0.1) is 0 Å². The topological polar surface area (TPSA) is 75.3 Å². The Morgan fingerprint density at radius 2 is 1.40 bits per heavy atom. The molecule has 0 aliphatic rings. The highest BCUT2D eigenvalue weighted by molar-refractivity contribution is 7.88. The molecule has 0 unspecified atom stereocenters. The van der Waals surface area contributed by atoms with Gasteiger partial charge in [-0.1, -0.05) is 55.0 Å². The van der Waals surface area contributed by atoms with Crippen LogP contribution >= 0.6 is 0 Å². The molecular formula is C19H24N2O3S. The smallest absolute Gasteiger partial charge is 0.251 e. The summed E-state index contributed by atoms with van der Waals surface area (Å²) in [7, 11) is -3.30. The van der Waals surface area contributed by atoms with Crippen molar-refractivity contribution in [2.75, 3.05) is 13.1 Å². The molecule has 25 heavy (non-hydrogen) atoms. The minimum atomic E-state index is -3.30. The average molecular weight is 360 g/mol. The van der Waals surface area contributed by atoms with Gasteiger partial charge in [-0.25, -0.2) is 13.1 Å². The molecular weight excluding hydrogens is 336 g/mol. The molecule has 0 heterocycles. The van der Waals surface area contributed by atoms with Crippen LogP contribution in [-0.2, 0) is 15.8 Å². The third kappa shape index (κ3) is 7.49. The third-order valence-electron chi connectivity index (χ3n) is 3.70. The molecule has 6 heteroatoms. The average Bonchev–Trinajstić information content (AvgIpc) is 2.62. The molecule has 0 atom stereocenters. The Morgan fingerprint density at radius 3 is 2.08 bits per heavy atom. The van der Waals surface area contributed by atoms with Gasteiger partial charge < -0.3 is 5.32 Å². The second-order valence-electron chi connectivity index (χ2n) is 5.82. The number of carbonyl (C=O) groups excluding carboxylic acids is 1. The SMILES string of the molecule is O=C(NCCCCCNS(=O)(=O)Cc1ccccc1)c1ccccc1. The van der Waals surface area contributed by atoms with E-state index in [2.05, 4.69) is 10.0 Å². The number of hydrogen-bond donors (Lipinski definition) is 2. The Morgan fingerprint density at radius 1 is 0.800 bits per heavy atom. The maximum Gasteiger partial charge on any atom is 0.251 e. The van der Waals surface area contributed by atoms with Gasteiger partial charge in [-0.15, -0.1) is 0 Å². The lowest BCUT2D eigenvalue weighted by atomic mass is 10.2. The van der Waals surface area contributed by atoms with E-state index in [-0.39, 0.29) is 11.7 Å². The molecule has 0 fully saturated rings. The molecule has 0 aliphatic carbocycles. The fraction of sp³-hybridized carbons (Fsp3) is 0.316. The summed E-state index contributed by atoms with van der Waals surface area (Å²) in [5.41, 5.74) is 1.43. The van der Waals surface area contributed by atoms with Gasteiger partial charge in [-0.05, 0) is 30.5 Å². The van der Waals surface area contributed by atoms with Crippen LogP contribution in [0.25, 0.3) is 0 Å². The maximum absolute atomic E-state index is 12.0. The van der Waals surface area contributed by atoms with E-state index in [9.17, 15) is 13.2 Å². The van der Waals surface area contributed by atoms with Crippen LogP contribution in [0.4, 0.5) is 0 Å². The van der Waals surface area contributed by atoms with Gasteiger partial charge in [0.2, 0.25) is 10.0 Å². The molecule has 2 rings (SSSR count). The van der Waals surface area contributed by atoms with Crippen LogP contribution in [0.2, 0.25) is 0 Å². The highest BCUT2D eigenvalue weighted by atomic mass is 32.2. The number of unbranched alkanes of at least 4 members (excludes halogenated alkanes) is 2. The lowest BCUT2D eigenvalue weighted by Crippen LogP contribution is -2.27. The number of hydrogen-bond acceptors (Lipinski definition) is 3. The molecule has 0 bridgehead atoms. The zero-order valence-electron chi connectivity index (χ0n) is 14.1. The van der Waals surface area contributed by atoms with E-state index < -0.39 is 10.0 Å². The minimum Gasteiger partial charge on any atom is -0.352 e. The predicted molar refractivity (Wildman–Crippen MR) is 99.7 cm³/mol. The molecule has 0 aromatic heterocycles. The van der Waals surface area contributed by atoms with Crippen LogP contribution < -0.4 is 10.0 Å². The van der Waals surface area contributed by atoms with E-state index in [0.29, 0.717) is 18.7 Å². The van der Waals surface area contributed by atoms with E-state index in [4.69, 9.17) is 0 Å². The Kier molecular flexibility index (Phi) is 7.63. The van der Waals surface area contributed by atoms with Crippen molar-refractivity contribution in [2.24, 2.45) is 0 Å². The summed E-state index contributed by atoms with van der Waals surface area (Å²) in [6, 6.07) is 18.2. The first-order chi connectivity index (χ1) is 12.1. The van der Waals surface area contributed by atoms with Crippen LogP contribution in [0.3, 0.4) is 0 Å². The Labute approximate surface area is 149 Å². The summed E-state index contributed by atoms with van der Waals surface area (Å²) in [6.45, 7) is 1.01. The molecule has 2 aromatic carbocycles. The number of benzene rings is 2. The summed E-state index contributed by atoms with van der Waals surface area (Å²) in [5.74, 6) is -0.0785. The highest BCUT2D eigenvalue weighted by Crippen LogP contribution is 2.04. The van der Waals surface area contributed by atoms with Gasteiger partial charge in [0, 0.05) is 18.7 Å². The normalized spacial score (nSPS) is 11.2. The molecule has 2 aromatic rings. The van der Waals surface area contributed by atoms with Gasteiger partial charge in [0.1, 0.15) is 0 Å². The molecule has 0 spiro atoms. The van der Waals surface area contributed by atoms with Gasteiger partial charge in [-0.3, -0.25) is 4.79 Å². The monoisotopic (exact) mass is 360 g/mol. The molecule has 0 aliphatic heterocycles. The van der Waals surface area contributed by atoms with Crippen molar-refractivity contribution in [2.45, 2.75) is 25.0 Å². The van der Waals surface area contributed by atoms with Crippen LogP contribution in [0.5, 0.6) is 0 Å². The Hall–Kier alpha value is -2.18. The molecule has 1 amide bonds. The first-order valence-electron chi connectivity index (χ1n) is 8.41. The van der Waals surface area contributed by atoms with Crippen LogP contribution in [0.1, 0.15) is 35.2 Å². The van der Waals surface area contributed by atoms with Crippen molar-refractivity contribution in [1.82, 2.24) is 10.0 Å². The molecule has 0 saturated carbocycles. The maximum atomic E-state index is 12.0. The van der Waals surface area contributed by atoms with E-state index in [0.717, 1.165) is 24.8 Å². The van der Waals surface area contributed by atoms with Crippen LogP contribution in [-0.4, -0.2) is 27.4 Å². The molecule has 2 N–H and O–H groups in total. The zero-order valence-corrected chi connectivity index (χ0v) is 15.0. The summed E-state index contributed by atoms with van der Waals surface area (Å²) in [6.07, 6.45) is 2.41. The molecule has 0 radical (unpaired) electrons. The van der Waals surface area contributed by atoms with Crippen LogP contribution in [0.15, 0.2) is 60.7 Å². The number of nitrogens with one attached hydrogen (secondary N) is 2. The number of carbonyl (C=O) groups is 1. The number of sulfonamides is 1. The number of rotatable bonds is 10. The van der Waals surface area contributed by atoms with Crippen molar-refractivity contribution in [3.05, 3.63) is 71.8 Å². The van der Waals surface area contributed by atoms with E-state index in [1.807, 2.05) is 36.4 Å². The minimum absolute atomic E-state index is 0.000965. The Bertz CT molecular complexity index is 747. The van der Waals surface area contributed by atoms with E-state index >= 15 is 0 Å². The third-order valence-corrected chi connectivity index (χ3v) is 5.05. The molecule has 134 valence electrons. The Balaban J connectivity index is 1.56. The second kappa shape index (κ2) is 9.96. The lowest BCUT2D eigenvalue weighted by molar-refractivity contribution is 0.0953. The van der Waals surface area contributed by atoms with E-state index in [1.165, 1.54) is 0 Å². The van der Waals surface area contributed by atoms with Gasteiger partial charge >= 0.3 is 0 Å². The lowest BCUT2D eigenvalue weighted by Gasteiger charge is -2.07. The predicted octanol–water partition coefficient (Wildman–Crippen LogP) is 2.71. The van der Waals surface area contributed by atoms with Crippen molar-refractivity contribution in [3.63, 3.8) is 0 Å². The number of amides is 1. The highest BCUT2D eigenvalue weighted by Gasteiger charge is 2.10. The fourth-order valence-corrected chi connectivity index (χ4v) is 3.58. The van der Waals surface area contributed by atoms with E-state index in [1.54, 1.807) is 24.3 Å². The van der Waals surface area contributed by atoms with Crippen molar-refractivity contribution >= 4 is 15.9 Å². The quantitative estimate of drug-likeness (QED) is 0.640. The van der Waals surface area contributed by atoms with Crippen molar-refractivity contribution in [1.29, 1.82) is 0 Å². The second-order valence-corrected chi connectivity index (χ2v) is 7.63. The largest absolute Gasteiger partial charge is 0.352 e. The van der Waals surface area contributed by atoms with Crippen molar-refractivity contribution in [3.8, 4) is 0 Å². The van der Waals surface area contributed by atoms with Gasteiger partial charge in [0.05, 0.1) is 5.75 Å². The summed E-state index contributed by atoms with van der Waals surface area (Å²) < 4.78 is 26.6. The van der Waals surface area contributed by atoms with Gasteiger partial charge in [0.25, 0.3) is 5.91 Å². The zero-order chi connectivity index (χ0) is 18.0. The molecule has 5 nitrogen and oxygen atoms in total. The van der Waals surface area contributed by atoms with Crippen molar-refractivity contribution < 1.29 is 13.2 Å². The summed E-state index contributed by atoms with van der Waals surface area (Å²) in [5, 5.41) is 2.86. The fourth-order valence-electron chi connectivity index (χ4n) is 2.39. The summed E-state index contributed by atoms with van der Waals surface area (Å²) in [4.78, 5) is 11.8. The molecule has 0 saturated heterocycles. The van der Waals surface area contributed by atoms with Gasteiger partial charge in [-0.2, -0.15) is 0 Å². The van der Waals surface area contributed by atoms with Gasteiger partial charge in [0.15, 0.2) is 0 Å². The first-order valence-corrected chi connectivity index (χ1v) is 10.1. The first kappa shape index (κ1) is 19.1.